The Labute approximate surface area is 143 Å². The maximum absolute atomic E-state index is 12.3. The highest BCUT2D eigenvalue weighted by Gasteiger charge is 2.10. The van der Waals surface area contributed by atoms with Crippen LogP contribution >= 0.6 is 0 Å². The first kappa shape index (κ1) is 20.0. The standard InChI is InChI=1S/C18H27NO5/c1-5-24-16-8-6-15(14-17(16)23-4)7-9-18(20)19(10-12-21-2)11-13-22-3/h6-9,14H,5,10-13H2,1-4H3/b9-7+. The van der Waals surface area contributed by atoms with Gasteiger partial charge in [0.15, 0.2) is 11.5 Å². The van der Waals surface area contributed by atoms with Crippen LogP contribution in [0.15, 0.2) is 24.3 Å². The Morgan fingerprint density at radius 2 is 1.75 bits per heavy atom. The lowest BCUT2D eigenvalue weighted by Gasteiger charge is -2.20. The second-order valence-corrected chi connectivity index (χ2v) is 4.99. The summed E-state index contributed by atoms with van der Waals surface area (Å²) in [6.45, 7) is 4.50. The van der Waals surface area contributed by atoms with E-state index in [1.807, 2.05) is 25.1 Å². The van der Waals surface area contributed by atoms with Crippen molar-refractivity contribution in [2.24, 2.45) is 0 Å². The largest absolute Gasteiger partial charge is 0.493 e. The molecular formula is C18H27NO5. The fourth-order valence-electron chi connectivity index (χ4n) is 2.07. The van der Waals surface area contributed by atoms with Gasteiger partial charge in [0.1, 0.15) is 0 Å². The number of ether oxygens (including phenoxy) is 4. The third-order valence-electron chi connectivity index (χ3n) is 3.35. The number of hydrogen-bond acceptors (Lipinski definition) is 5. The van der Waals surface area contributed by atoms with Crippen molar-refractivity contribution >= 4 is 12.0 Å². The zero-order chi connectivity index (χ0) is 17.8. The van der Waals surface area contributed by atoms with Crippen molar-refractivity contribution in [2.75, 3.05) is 54.2 Å². The number of carbonyl (C=O) groups excluding carboxylic acids is 1. The molecule has 0 N–H and O–H groups in total. The van der Waals surface area contributed by atoms with Gasteiger partial charge in [0, 0.05) is 33.4 Å². The smallest absolute Gasteiger partial charge is 0.246 e. The fraction of sp³-hybridized carbons (Fsp3) is 0.500. The second-order valence-electron chi connectivity index (χ2n) is 4.99. The van der Waals surface area contributed by atoms with Crippen molar-refractivity contribution in [1.29, 1.82) is 0 Å². The van der Waals surface area contributed by atoms with Crippen molar-refractivity contribution in [3.05, 3.63) is 29.8 Å². The van der Waals surface area contributed by atoms with Gasteiger partial charge in [-0.05, 0) is 30.7 Å². The summed E-state index contributed by atoms with van der Waals surface area (Å²) in [4.78, 5) is 14.0. The van der Waals surface area contributed by atoms with E-state index in [4.69, 9.17) is 18.9 Å². The van der Waals surface area contributed by atoms with Crippen molar-refractivity contribution in [3.8, 4) is 11.5 Å². The Morgan fingerprint density at radius 1 is 1.08 bits per heavy atom. The Morgan fingerprint density at radius 3 is 2.29 bits per heavy atom. The number of nitrogens with zero attached hydrogens (tertiary/aromatic N) is 1. The molecule has 6 nitrogen and oxygen atoms in total. The van der Waals surface area contributed by atoms with Gasteiger partial charge in [-0.2, -0.15) is 0 Å². The Hall–Kier alpha value is -2.05. The van der Waals surface area contributed by atoms with E-state index >= 15 is 0 Å². The molecule has 0 spiro atoms. The summed E-state index contributed by atoms with van der Waals surface area (Å²) in [5.74, 6) is 1.24. The van der Waals surface area contributed by atoms with Crippen LogP contribution in [0.5, 0.6) is 11.5 Å². The maximum atomic E-state index is 12.3. The predicted molar refractivity (Wildman–Crippen MR) is 93.5 cm³/mol. The van der Waals surface area contributed by atoms with E-state index in [0.717, 1.165) is 5.56 Å². The van der Waals surface area contributed by atoms with Crippen molar-refractivity contribution in [2.45, 2.75) is 6.92 Å². The molecular weight excluding hydrogens is 310 g/mol. The SMILES string of the molecule is CCOc1ccc(/C=C/C(=O)N(CCOC)CCOC)cc1OC. The van der Waals surface area contributed by atoms with Crippen LogP contribution in [0.2, 0.25) is 0 Å². The van der Waals surface area contributed by atoms with Crippen LogP contribution in [0.25, 0.3) is 6.08 Å². The molecule has 0 aliphatic carbocycles. The molecule has 0 bridgehead atoms. The van der Waals surface area contributed by atoms with E-state index in [-0.39, 0.29) is 5.91 Å². The topological polar surface area (TPSA) is 57.2 Å². The molecule has 0 aliphatic rings. The quantitative estimate of drug-likeness (QED) is 0.580. The van der Waals surface area contributed by atoms with E-state index in [2.05, 4.69) is 0 Å². The average Bonchev–Trinajstić information content (AvgIpc) is 2.60. The first-order valence-electron chi connectivity index (χ1n) is 7.92. The second kappa shape index (κ2) is 11.5. The first-order valence-corrected chi connectivity index (χ1v) is 7.92. The van der Waals surface area contributed by atoms with E-state index in [1.165, 1.54) is 0 Å². The summed E-state index contributed by atoms with van der Waals surface area (Å²) in [6, 6.07) is 5.55. The van der Waals surface area contributed by atoms with Crippen molar-refractivity contribution < 1.29 is 23.7 Å². The zero-order valence-corrected chi connectivity index (χ0v) is 14.9. The Kier molecular flexibility index (Phi) is 9.56. The molecule has 0 saturated heterocycles. The number of hydrogen-bond donors (Lipinski definition) is 0. The summed E-state index contributed by atoms with van der Waals surface area (Å²) in [6.07, 6.45) is 3.30. The minimum absolute atomic E-state index is 0.0862. The lowest BCUT2D eigenvalue weighted by molar-refractivity contribution is -0.127. The molecule has 0 atom stereocenters. The lowest BCUT2D eigenvalue weighted by atomic mass is 10.2. The van der Waals surface area contributed by atoms with Gasteiger partial charge in [-0.3, -0.25) is 4.79 Å². The third-order valence-corrected chi connectivity index (χ3v) is 3.35. The van der Waals surface area contributed by atoms with Crippen molar-refractivity contribution in [1.82, 2.24) is 4.90 Å². The minimum Gasteiger partial charge on any atom is -0.493 e. The molecule has 0 heterocycles. The molecule has 0 fully saturated rings. The highest BCUT2D eigenvalue weighted by Crippen LogP contribution is 2.28. The normalized spacial score (nSPS) is 10.8. The monoisotopic (exact) mass is 337 g/mol. The number of carbonyl (C=O) groups is 1. The third kappa shape index (κ3) is 6.60. The van der Waals surface area contributed by atoms with Gasteiger partial charge >= 0.3 is 0 Å². The van der Waals surface area contributed by atoms with E-state index in [9.17, 15) is 4.79 Å². The molecule has 1 aromatic carbocycles. The summed E-state index contributed by atoms with van der Waals surface area (Å²) in [5.41, 5.74) is 0.863. The molecule has 1 amide bonds. The molecule has 134 valence electrons. The van der Waals surface area contributed by atoms with Crippen LogP contribution in [0, 0.1) is 0 Å². The summed E-state index contributed by atoms with van der Waals surface area (Å²) >= 11 is 0. The van der Waals surface area contributed by atoms with E-state index in [1.54, 1.807) is 38.4 Å². The molecule has 1 aromatic rings. The van der Waals surface area contributed by atoms with Gasteiger partial charge in [0.25, 0.3) is 0 Å². The average molecular weight is 337 g/mol. The highest BCUT2D eigenvalue weighted by atomic mass is 16.5. The van der Waals surface area contributed by atoms with Gasteiger partial charge < -0.3 is 23.8 Å². The highest BCUT2D eigenvalue weighted by molar-refractivity contribution is 5.91. The predicted octanol–water partition coefficient (Wildman–Crippen LogP) is 2.23. The van der Waals surface area contributed by atoms with Gasteiger partial charge in [0.2, 0.25) is 5.91 Å². The zero-order valence-electron chi connectivity index (χ0n) is 14.9. The molecule has 24 heavy (non-hydrogen) atoms. The van der Waals surface area contributed by atoms with Crippen molar-refractivity contribution in [3.63, 3.8) is 0 Å². The lowest BCUT2D eigenvalue weighted by Crippen LogP contribution is -2.35. The molecule has 0 aliphatic heterocycles. The van der Waals surface area contributed by atoms with Crippen LogP contribution in [-0.4, -0.2) is 65.0 Å². The molecule has 0 unspecified atom stereocenters. The molecule has 0 radical (unpaired) electrons. The summed E-state index contributed by atoms with van der Waals surface area (Å²) < 4.78 is 20.9. The number of methoxy groups -OCH3 is 3. The van der Waals surface area contributed by atoms with Gasteiger partial charge in [-0.1, -0.05) is 6.07 Å². The fourth-order valence-corrected chi connectivity index (χ4v) is 2.07. The number of amides is 1. The van der Waals surface area contributed by atoms with Gasteiger partial charge in [-0.25, -0.2) is 0 Å². The van der Waals surface area contributed by atoms with Crippen LogP contribution in [0.4, 0.5) is 0 Å². The number of benzene rings is 1. The van der Waals surface area contributed by atoms with Crippen LogP contribution < -0.4 is 9.47 Å². The van der Waals surface area contributed by atoms with Crippen LogP contribution in [0.3, 0.4) is 0 Å². The van der Waals surface area contributed by atoms with E-state index < -0.39 is 0 Å². The van der Waals surface area contributed by atoms with Gasteiger partial charge in [0.05, 0.1) is 26.9 Å². The minimum atomic E-state index is -0.0862. The Bertz CT molecular complexity index is 522. The molecule has 6 heteroatoms. The molecule has 1 rings (SSSR count). The first-order chi connectivity index (χ1) is 11.7. The summed E-state index contributed by atoms with van der Waals surface area (Å²) in [7, 11) is 4.82. The van der Waals surface area contributed by atoms with Gasteiger partial charge in [-0.15, -0.1) is 0 Å². The Balaban J connectivity index is 2.79. The van der Waals surface area contributed by atoms with Crippen LogP contribution in [-0.2, 0) is 14.3 Å². The molecule has 0 saturated carbocycles. The summed E-state index contributed by atoms with van der Waals surface area (Å²) in [5, 5.41) is 0. The molecule has 0 aromatic heterocycles. The van der Waals surface area contributed by atoms with E-state index in [0.29, 0.717) is 44.4 Å². The maximum Gasteiger partial charge on any atom is 0.246 e. The number of rotatable bonds is 11. The van der Waals surface area contributed by atoms with Crippen LogP contribution in [0.1, 0.15) is 12.5 Å².